The van der Waals surface area contributed by atoms with Gasteiger partial charge in [0.2, 0.25) is 5.76 Å². The maximum Gasteiger partial charge on any atom is 0.297 e. The van der Waals surface area contributed by atoms with Crippen molar-refractivity contribution >= 4 is 27.7 Å². The molecule has 1 aromatic rings. The molecule has 2 aliphatic rings. The van der Waals surface area contributed by atoms with Crippen molar-refractivity contribution in [3.05, 3.63) is 40.1 Å². The molecule has 3 rings (SSSR count). The second-order valence-corrected chi connectivity index (χ2v) is 6.25. The first-order chi connectivity index (χ1) is 10.6. The fraction of sp³-hybridized carbons (Fsp3) is 0.375. The molecule has 0 bridgehead atoms. The summed E-state index contributed by atoms with van der Waals surface area (Å²) in [5, 5.41) is 0. The molecule has 0 aromatic heterocycles. The van der Waals surface area contributed by atoms with Gasteiger partial charge in [0.25, 0.3) is 11.8 Å². The van der Waals surface area contributed by atoms with Crippen LogP contribution in [0.4, 0.5) is 0 Å². The van der Waals surface area contributed by atoms with Crippen molar-refractivity contribution in [3.8, 4) is 5.75 Å². The Hall–Kier alpha value is -1.66. The summed E-state index contributed by atoms with van der Waals surface area (Å²) < 4.78 is 11.9. The number of rotatable bonds is 3. The third-order valence-corrected chi connectivity index (χ3v) is 4.41. The molecule has 1 aromatic carbocycles. The summed E-state index contributed by atoms with van der Waals surface area (Å²) >= 11 is 3.34. The first-order valence-electron chi connectivity index (χ1n) is 7.18. The number of halogens is 1. The lowest BCUT2D eigenvalue weighted by molar-refractivity contribution is -0.143. The van der Waals surface area contributed by atoms with Crippen LogP contribution < -0.4 is 4.74 Å². The molecular formula is C16H16BrNO4. The van der Waals surface area contributed by atoms with Gasteiger partial charge in [0, 0.05) is 23.7 Å². The number of carbonyl (C=O) groups is 2. The summed E-state index contributed by atoms with van der Waals surface area (Å²) in [5.74, 6) is 0.0488. The predicted octanol–water partition coefficient (Wildman–Crippen LogP) is 2.65. The van der Waals surface area contributed by atoms with E-state index in [0.717, 1.165) is 4.47 Å². The fourth-order valence-corrected chi connectivity index (χ4v) is 2.92. The molecule has 1 saturated heterocycles. The molecule has 2 amide bonds. The van der Waals surface area contributed by atoms with Crippen molar-refractivity contribution < 1.29 is 19.1 Å². The molecule has 0 saturated carbocycles. The van der Waals surface area contributed by atoms with Crippen molar-refractivity contribution in [2.45, 2.75) is 25.8 Å². The van der Waals surface area contributed by atoms with Crippen LogP contribution in [0.3, 0.4) is 0 Å². The predicted molar refractivity (Wildman–Crippen MR) is 83.2 cm³/mol. The van der Waals surface area contributed by atoms with Gasteiger partial charge in [-0.2, -0.15) is 0 Å². The second kappa shape index (κ2) is 6.22. The lowest BCUT2D eigenvalue weighted by Crippen LogP contribution is -2.44. The van der Waals surface area contributed by atoms with Crippen molar-refractivity contribution in [1.82, 2.24) is 4.90 Å². The van der Waals surface area contributed by atoms with Crippen LogP contribution in [-0.2, 0) is 14.3 Å². The highest BCUT2D eigenvalue weighted by molar-refractivity contribution is 9.10. The van der Waals surface area contributed by atoms with Crippen molar-refractivity contribution in [2.75, 3.05) is 13.2 Å². The third kappa shape index (κ3) is 2.80. The largest absolute Gasteiger partial charge is 0.451 e. The Morgan fingerprint density at radius 2 is 1.77 bits per heavy atom. The van der Waals surface area contributed by atoms with Crippen LogP contribution in [-0.4, -0.2) is 36.0 Å². The van der Waals surface area contributed by atoms with E-state index in [1.165, 1.54) is 4.90 Å². The van der Waals surface area contributed by atoms with Gasteiger partial charge in [0.1, 0.15) is 5.75 Å². The van der Waals surface area contributed by atoms with E-state index in [9.17, 15) is 9.59 Å². The summed E-state index contributed by atoms with van der Waals surface area (Å²) in [7, 11) is 0. The van der Waals surface area contributed by atoms with Gasteiger partial charge in [-0.1, -0.05) is 15.9 Å². The molecule has 6 heteroatoms. The molecule has 22 heavy (non-hydrogen) atoms. The molecule has 0 aliphatic carbocycles. The Labute approximate surface area is 137 Å². The number of nitrogens with zero attached hydrogens (tertiary/aromatic N) is 1. The van der Waals surface area contributed by atoms with Gasteiger partial charge in [0.05, 0.1) is 5.57 Å². The van der Waals surface area contributed by atoms with Gasteiger partial charge < -0.3 is 9.47 Å². The zero-order valence-electron chi connectivity index (χ0n) is 12.2. The third-order valence-electron chi connectivity index (χ3n) is 3.88. The van der Waals surface area contributed by atoms with E-state index < -0.39 is 0 Å². The molecular weight excluding hydrogens is 350 g/mol. The van der Waals surface area contributed by atoms with Crippen LogP contribution in [0.15, 0.2) is 40.1 Å². The first-order valence-corrected chi connectivity index (χ1v) is 7.97. The average molecular weight is 366 g/mol. The Kier molecular flexibility index (Phi) is 4.31. The Morgan fingerprint density at radius 1 is 1.14 bits per heavy atom. The van der Waals surface area contributed by atoms with Gasteiger partial charge in [0.15, 0.2) is 0 Å². The van der Waals surface area contributed by atoms with Gasteiger partial charge >= 0.3 is 0 Å². The number of ether oxygens (including phenoxy) is 2. The van der Waals surface area contributed by atoms with Crippen LogP contribution >= 0.6 is 15.9 Å². The number of hydrogen-bond donors (Lipinski definition) is 0. The molecule has 1 fully saturated rings. The smallest absolute Gasteiger partial charge is 0.297 e. The monoisotopic (exact) mass is 365 g/mol. The Bertz CT molecular complexity index is 632. The average Bonchev–Trinajstić information content (AvgIpc) is 2.74. The maximum atomic E-state index is 12.6. The van der Waals surface area contributed by atoms with E-state index in [1.807, 2.05) is 12.1 Å². The Morgan fingerprint density at radius 3 is 2.41 bits per heavy atom. The lowest BCUT2D eigenvalue weighted by Gasteiger charge is -2.29. The van der Waals surface area contributed by atoms with E-state index in [0.29, 0.717) is 37.4 Å². The minimum Gasteiger partial charge on any atom is -0.451 e. The van der Waals surface area contributed by atoms with Crippen molar-refractivity contribution in [2.24, 2.45) is 0 Å². The minimum atomic E-state index is -0.350. The number of carbonyl (C=O) groups excluding carboxylic acids is 2. The fourth-order valence-electron chi connectivity index (χ4n) is 2.66. The summed E-state index contributed by atoms with van der Waals surface area (Å²) in [6, 6.07) is 7.04. The summed E-state index contributed by atoms with van der Waals surface area (Å²) in [6.07, 6.45) is 1.35. The molecule has 116 valence electrons. The number of hydrogen-bond acceptors (Lipinski definition) is 4. The molecule has 0 radical (unpaired) electrons. The van der Waals surface area contributed by atoms with Crippen LogP contribution in [0.2, 0.25) is 0 Å². The maximum absolute atomic E-state index is 12.6. The van der Waals surface area contributed by atoms with Crippen molar-refractivity contribution in [3.63, 3.8) is 0 Å². The first kappa shape index (κ1) is 15.2. The van der Waals surface area contributed by atoms with Crippen LogP contribution in [0.1, 0.15) is 19.8 Å². The zero-order chi connectivity index (χ0) is 15.7. The summed E-state index contributed by atoms with van der Waals surface area (Å²) in [5.41, 5.74) is 0.361. The van der Waals surface area contributed by atoms with Crippen LogP contribution in [0.25, 0.3) is 0 Å². The van der Waals surface area contributed by atoms with E-state index in [1.54, 1.807) is 19.1 Å². The van der Waals surface area contributed by atoms with E-state index in [4.69, 9.17) is 9.47 Å². The van der Waals surface area contributed by atoms with Gasteiger partial charge in [-0.25, -0.2) is 0 Å². The van der Waals surface area contributed by atoms with E-state index in [-0.39, 0.29) is 23.6 Å². The second-order valence-electron chi connectivity index (χ2n) is 5.33. The van der Waals surface area contributed by atoms with Crippen molar-refractivity contribution in [1.29, 1.82) is 0 Å². The molecule has 2 heterocycles. The quantitative estimate of drug-likeness (QED) is 0.772. The Balaban J connectivity index is 1.80. The molecule has 0 spiro atoms. The van der Waals surface area contributed by atoms with E-state index >= 15 is 0 Å². The minimum absolute atomic E-state index is 0.102. The SMILES string of the molecule is CC1=C(Oc2ccc(Br)cc2)C(=O)N(C2CCOCC2)C1=O. The number of imide groups is 1. The molecule has 5 nitrogen and oxygen atoms in total. The topological polar surface area (TPSA) is 55.8 Å². The van der Waals surface area contributed by atoms with Crippen LogP contribution in [0.5, 0.6) is 5.75 Å². The van der Waals surface area contributed by atoms with Gasteiger partial charge in [-0.15, -0.1) is 0 Å². The molecule has 0 atom stereocenters. The van der Waals surface area contributed by atoms with Gasteiger partial charge in [-0.3, -0.25) is 14.5 Å². The highest BCUT2D eigenvalue weighted by Gasteiger charge is 2.42. The lowest BCUT2D eigenvalue weighted by atomic mass is 10.1. The molecule has 2 aliphatic heterocycles. The molecule has 0 unspecified atom stereocenters. The van der Waals surface area contributed by atoms with Crippen LogP contribution in [0, 0.1) is 0 Å². The zero-order valence-corrected chi connectivity index (χ0v) is 13.8. The standard InChI is InChI=1S/C16H16BrNO4/c1-10-14(22-13-4-2-11(17)3-5-13)16(20)18(15(10)19)12-6-8-21-9-7-12/h2-5,12H,6-9H2,1H3. The highest BCUT2D eigenvalue weighted by Crippen LogP contribution is 2.29. The highest BCUT2D eigenvalue weighted by atomic mass is 79.9. The summed E-state index contributed by atoms with van der Waals surface area (Å²) in [4.78, 5) is 26.3. The number of benzene rings is 1. The number of amides is 2. The molecule has 0 N–H and O–H groups in total. The summed E-state index contributed by atoms with van der Waals surface area (Å²) in [6.45, 7) is 2.78. The normalized spacial score (nSPS) is 20.0. The van der Waals surface area contributed by atoms with E-state index in [2.05, 4.69) is 15.9 Å². The van der Waals surface area contributed by atoms with Gasteiger partial charge in [-0.05, 0) is 44.0 Å².